The van der Waals surface area contributed by atoms with Gasteiger partial charge in [-0.25, -0.2) is 4.39 Å². The number of hydrogen-bond acceptors (Lipinski definition) is 4. The molecule has 6 nitrogen and oxygen atoms in total. The van der Waals surface area contributed by atoms with Crippen molar-refractivity contribution in [2.24, 2.45) is 10.9 Å². The first-order valence-corrected chi connectivity index (χ1v) is 7.22. The average molecular weight is 352 g/mol. The van der Waals surface area contributed by atoms with Crippen LogP contribution in [0, 0.1) is 5.82 Å². The van der Waals surface area contributed by atoms with Crippen LogP contribution in [0.4, 0.5) is 10.1 Å². The second-order valence-electron chi connectivity index (χ2n) is 4.65. The van der Waals surface area contributed by atoms with Crippen molar-refractivity contribution in [3.63, 3.8) is 0 Å². The van der Waals surface area contributed by atoms with Gasteiger partial charge >= 0.3 is 0 Å². The van der Waals surface area contributed by atoms with Crippen LogP contribution in [0.2, 0.25) is 5.02 Å². The molecule has 0 fully saturated rings. The van der Waals surface area contributed by atoms with Crippen molar-refractivity contribution in [2.75, 3.05) is 19.0 Å². The molecule has 0 bridgehead atoms. The van der Waals surface area contributed by atoms with Crippen LogP contribution in [0.5, 0.6) is 5.75 Å². The van der Waals surface area contributed by atoms with E-state index in [-0.39, 0.29) is 18.3 Å². The summed E-state index contributed by atoms with van der Waals surface area (Å²) in [5.41, 5.74) is 6.65. The molecule has 0 saturated carbocycles. The van der Waals surface area contributed by atoms with E-state index in [1.54, 1.807) is 18.2 Å². The maximum Gasteiger partial charge on any atom is 0.265 e. The van der Waals surface area contributed by atoms with Crippen molar-refractivity contribution in [3.8, 4) is 5.75 Å². The smallest absolute Gasteiger partial charge is 0.265 e. The molecule has 1 amide bonds. The molecule has 0 unspecified atom stereocenters. The summed E-state index contributed by atoms with van der Waals surface area (Å²) >= 11 is 5.97. The van der Waals surface area contributed by atoms with Crippen LogP contribution < -0.4 is 15.8 Å². The molecule has 0 atom stereocenters. The third-order valence-corrected chi connectivity index (χ3v) is 3.23. The molecule has 0 saturated heterocycles. The highest BCUT2D eigenvalue weighted by molar-refractivity contribution is 6.32. The molecule has 2 rings (SSSR count). The van der Waals surface area contributed by atoms with Crippen molar-refractivity contribution in [3.05, 3.63) is 58.9 Å². The van der Waals surface area contributed by atoms with Gasteiger partial charge < -0.3 is 20.6 Å². The summed E-state index contributed by atoms with van der Waals surface area (Å²) in [5.74, 6) is -0.283. The van der Waals surface area contributed by atoms with Crippen LogP contribution in [0.25, 0.3) is 0 Å². The molecule has 2 aromatic carbocycles. The van der Waals surface area contributed by atoms with E-state index in [9.17, 15) is 9.18 Å². The molecule has 0 aliphatic rings. The Labute approximate surface area is 143 Å². The fourth-order valence-corrected chi connectivity index (χ4v) is 2.03. The predicted octanol–water partition coefficient (Wildman–Crippen LogP) is 2.76. The third-order valence-electron chi connectivity index (χ3n) is 2.93. The lowest BCUT2D eigenvalue weighted by molar-refractivity contribution is -0.120. The number of anilines is 1. The largest absolute Gasteiger partial charge is 0.495 e. The number of carbonyl (C=O) groups is 1. The Morgan fingerprint density at radius 3 is 2.62 bits per heavy atom. The van der Waals surface area contributed by atoms with Crippen molar-refractivity contribution in [2.45, 2.75) is 0 Å². The summed E-state index contributed by atoms with van der Waals surface area (Å²) in [6, 6.07) is 10.2. The van der Waals surface area contributed by atoms with E-state index in [0.717, 1.165) is 0 Å². The molecule has 0 radical (unpaired) electrons. The molecule has 3 N–H and O–H groups in total. The summed E-state index contributed by atoms with van der Waals surface area (Å²) in [4.78, 5) is 16.7. The van der Waals surface area contributed by atoms with E-state index in [2.05, 4.69) is 10.5 Å². The van der Waals surface area contributed by atoms with E-state index in [0.29, 0.717) is 22.0 Å². The minimum atomic E-state index is -0.438. The van der Waals surface area contributed by atoms with Gasteiger partial charge in [0.2, 0.25) is 0 Å². The zero-order chi connectivity index (χ0) is 17.5. The third kappa shape index (κ3) is 4.85. The van der Waals surface area contributed by atoms with Crippen molar-refractivity contribution in [1.29, 1.82) is 0 Å². The van der Waals surface area contributed by atoms with Crippen LogP contribution in [-0.4, -0.2) is 25.5 Å². The number of nitrogens with one attached hydrogen (secondary N) is 1. The number of oxime groups is 1. The van der Waals surface area contributed by atoms with Crippen molar-refractivity contribution in [1.82, 2.24) is 0 Å². The normalized spacial score (nSPS) is 11.0. The van der Waals surface area contributed by atoms with E-state index in [1.807, 2.05) is 0 Å². The molecular formula is C16H15ClFN3O3. The Kier molecular flexibility index (Phi) is 5.97. The van der Waals surface area contributed by atoms with Gasteiger partial charge in [-0.1, -0.05) is 16.8 Å². The highest BCUT2D eigenvalue weighted by Gasteiger charge is 2.07. The number of hydrogen-bond donors (Lipinski definition) is 2. The molecule has 0 heterocycles. The van der Waals surface area contributed by atoms with Gasteiger partial charge in [-0.3, -0.25) is 4.79 Å². The lowest BCUT2D eigenvalue weighted by Gasteiger charge is -2.07. The molecule has 2 aromatic rings. The molecule has 0 aliphatic heterocycles. The average Bonchev–Trinajstić information content (AvgIpc) is 2.55. The monoisotopic (exact) mass is 351 g/mol. The number of methoxy groups -OCH3 is 1. The van der Waals surface area contributed by atoms with Crippen LogP contribution in [0.1, 0.15) is 5.56 Å². The Morgan fingerprint density at radius 2 is 2.00 bits per heavy atom. The molecule has 126 valence electrons. The van der Waals surface area contributed by atoms with Gasteiger partial charge in [-0.05, 0) is 42.5 Å². The second-order valence-corrected chi connectivity index (χ2v) is 5.06. The lowest BCUT2D eigenvalue weighted by Crippen LogP contribution is -2.19. The summed E-state index contributed by atoms with van der Waals surface area (Å²) in [7, 11) is 1.50. The maximum absolute atomic E-state index is 12.8. The maximum atomic E-state index is 12.8. The minimum absolute atomic E-state index is 0.0373. The Morgan fingerprint density at radius 1 is 1.29 bits per heavy atom. The van der Waals surface area contributed by atoms with Crippen LogP contribution in [0.15, 0.2) is 47.6 Å². The van der Waals surface area contributed by atoms with Gasteiger partial charge in [-0.15, -0.1) is 0 Å². The van der Waals surface area contributed by atoms with E-state index >= 15 is 0 Å². The zero-order valence-corrected chi connectivity index (χ0v) is 13.5. The van der Waals surface area contributed by atoms with E-state index in [1.165, 1.54) is 31.4 Å². The SMILES string of the molecule is COc1ccc(NC(=O)CO/N=C(\N)c2ccc(F)cc2)cc1Cl. The molecule has 8 heteroatoms. The van der Waals surface area contributed by atoms with Crippen LogP contribution in [-0.2, 0) is 9.63 Å². The first-order chi connectivity index (χ1) is 11.5. The second kappa shape index (κ2) is 8.16. The zero-order valence-electron chi connectivity index (χ0n) is 12.8. The van der Waals surface area contributed by atoms with Gasteiger partial charge in [-0.2, -0.15) is 0 Å². The highest BCUT2D eigenvalue weighted by atomic mass is 35.5. The van der Waals surface area contributed by atoms with Gasteiger partial charge in [0.05, 0.1) is 12.1 Å². The van der Waals surface area contributed by atoms with Gasteiger partial charge in [0.25, 0.3) is 5.91 Å². The molecule has 24 heavy (non-hydrogen) atoms. The number of nitrogens with two attached hydrogens (primary N) is 1. The Hall–Kier alpha value is -2.80. The minimum Gasteiger partial charge on any atom is -0.495 e. The number of rotatable bonds is 6. The molecule has 0 spiro atoms. The van der Waals surface area contributed by atoms with E-state index in [4.69, 9.17) is 26.9 Å². The quantitative estimate of drug-likeness (QED) is 0.476. The van der Waals surface area contributed by atoms with Crippen molar-refractivity contribution < 1.29 is 18.8 Å². The summed E-state index contributed by atoms with van der Waals surface area (Å²) in [6.07, 6.45) is 0. The Balaban J connectivity index is 1.87. The fourth-order valence-electron chi connectivity index (χ4n) is 1.78. The molecular weight excluding hydrogens is 337 g/mol. The number of carbonyl (C=O) groups excluding carboxylic acids is 1. The number of nitrogens with zero attached hydrogens (tertiary/aromatic N) is 1. The van der Waals surface area contributed by atoms with Gasteiger partial charge in [0, 0.05) is 11.3 Å². The van der Waals surface area contributed by atoms with Crippen molar-refractivity contribution >= 4 is 29.0 Å². The highest BCUT2D eigenvalue weighted by Crippen LogP contribution is 2.27. The van der Waals surface area contributed by atoms with Crippen LogP contribution in [0.3, 0.4) is 0 Å². The summed E-state index contributed by atoms with van der Waals surface area (Å²) in [6.45, 7) is -0.342. The number of ether oxygens (including phenoxy) is 1. The molecule has 0 aromatic heterocycles. The number of amides is 1. The number of halogens is 2. The summed E-state index contributed by atoms with van der Waals surface area (Å²) < 4.78 is 17.8. The van der Waals surface area contributed by atoms with E-state index < -0.39 is 5.91 Å². The summed E-state index contributed by atoms with van der Waals surface area (Å²) in [5, 5.41) is 6.58. The standard InChI is InChI=1S/C16H15ClFN3O3/c1-23-14-7-6-12(8-13(14)17)20-15(22)9-24-21-16(19)10-2-4-11(18)5-3-10/h2-8H,9H2,1H3,(H2,19,21)(H,20,22). The fraction of sp³-hybridized carbons (Fsp3) is 0.125. The molecule has 0 aliphatic carbocycles. The Bertz CT molecular complexity index is 751. The van der Waals surface area contributed by atoms with Gasteiger partial charge in [0.1, 0.15) is 11.6 Å². The number of amidine groups is 1. The first-order valence-electron chi connectivity index (χ1n) is 6.84. The number of benzene rings is 2. The lowest BCUT2D eigenvalue weighted by atomic mass is 10.2. The predicted molar refractivity (Wildman–Crippen MR) is 89.7 cm³/mol. The first kappa shape index (κ1) is 17.6. The topological polar surface area (TPSA) is 85.9 Å². The van der Waals surface area contributed by atoms with Crippen LogP contribution >= 0.6 is 11.6 Å². The van der Waals surface area contributed by atoms with Gasteiger partial charge in [0.15, 0.2) is 12.4 Å².